The minimum atomic E-state index is -0.647. The Bertz CT molecular complexity index is 517. The number of rotatable bonds is 3. The molecule has 0 aliphatic heterocycles. The van der Waals surface area contributed by atoms with Crippen molar-refractivity contribution in [3.63, 3.8) is 0 Å². The fourth-order valence-electron chi connectivity index (χ4n) is 1.95. The number of hydrogen-bond acceptors (Lipinski definition) is 2. The zero-order valence-electron chi connectivity index (χ0n) is 11.1. The zero-order valence-corrected chi connectivity index (χ0v) is 11.1. The Balaban J connectivity index is 2.26. The van der Waals surface area contributed by atoms with Crippen molar-refractivity contribution in [3.8, 4) is 0 Å². The van der Waals surface area contributed by atoms with Crippen molar-refractivity contribution < 1.29 is 5.11 Å². The monoisotopic (exact) mass is 241 g/mol. The van der Waals surface area contributed by atoms with Crippen LogP contribution in [0.2, 0.25) is 0 Å². The number of aryl methyl sites for hydroxylation is 1. The smallest absolute Gasteiger partial charge is 0.121 e. The van der Waals surface area contributed by atoms with Crippen LogP contribution in [0.1, 0.15) is 48.4 Å². The third kappa shape index (κ3) is 2.77. The number of pyridine rings is 1. The third-order valence-electron chi connectivity index (χ3n) is 3.11. The Morgan fingerprint density at radius 3 is 2.11 bits per heavy atom. The summed E-state index contributed by atoms with van der Waals surface area (Å²) < 4.78 is 0. The second-order valence-corrected chi connectivity index (χ2v) is 4.93. The van der Waals surface area contributed by atoms with Crippen LogP contribution in [0.25, 0.3) is 0 Å². The van der Waals surface area contributed by atoms with Crippen molar-refractivity contribution in [3.05, 3.63) is 65.0 Å². The highest BCUT2D eigenvalue weighted by Crippen LogP contribution is 2.22. The van der Waals surface area contributed by atoms with Crippen LogP contribution in [0.15, 0.2) is 42.5 Å². The lowest BCUT2D eigenvalue weighted by molar-refractivity contribution is 0.215. The SMILES string of the molecule is Cc1cccc(C(O)c2ccc(C(C)C)cc2)n1. The molecule has 0 saturated carbocycles. The van der Waals surface area contributed by atoms with E-state index in [1.807, 2.05) is 37.3 Å². The first-order valence-electron chi connectivity index (χ1n) is 6.29. The molecule has 1 unspecified atom stereocenters. The summed E-state index contributed by atoms with van der Waals surface area (Å²) in [5.74, 6) is 0.508. The molecule has 2 aromatic rings. The lowest BCUT2D eigenvalue weighted by Gasteiger charge is -2.12. The highest BCUT2D eigenvalue weighted by molar-refractivity contribution is 5.30. The van der Waals surface area contributed by atoms with Crippen molar-refractivity contribution in [2.75, 3.05) is 0 Å². The molecule has 2 nitrogen and oxygen atoms in total. The van der Waals surface area contributed by atoms with Gasteiger partial charge in [0, 0.05) is 5.69 Å². The molecular formula is C16H19NO. The van der Waals surface area contributed by atoms with Gasteiger partial charge in [-0.3, -0.25) is 4.98 Å². The topological polar surface area (TPSA) is 33.1 Å². The molecule has 1 N–H and O–H groups in total. The Hall–Kier alpha value is -1.67. The Kier molecular flexibility index (Phi) is 3.78. The van der Waals surface area contributed by atoms with E-state index in [-0.39, 0.29) is 0 Å². The fraction of sp³-hybridized carbons (Fsp3) is 0.312. The maximum atomic E-state index is 10.3. The maximum Gasteiger partial charge on any atom is 0.121 e. The van der Waals surface area contributed by atoms with Crippen LogP contribution < -0.4 is 0 Å². The van der Waals surface area contributed by atoms with E-state index >= 15 is 0 Å². The van der Waals surface area contributed by atoms with E-state index in [1.165, 1.54) is 5.56 Å². The zero-order chi connectivity index (χ0) is 13.1. The molecule has 1 aromatic carbocycles. The molecule has 1 atom stereocenters. The first kappa shape index (κ1) is 12.8. The molecular weight excluding hydrogens is 222 g/mol. The van der Waals surface area contributed by atoms with Gasteiger partial charge < -0.3 is 5.11 Å². The van der Waals surface area contributed by atoms with Gasteiger partial charge in [-0.15, -0.1) is 0 Å². The molecule has 0 saturated heterocycles. The van der Waals surface area contributed by atoms with Crippen LogP contribution in [-0.2, 0) is 0 Å². The fourth-order valence-corrected chi connectivity index (χ4v) is 1.95. The van der Waals surface area contributed by atoms with Crippen LogP contribution >= 0.6 is 0 Å². The van der Waals surface area contributed by atoms with Gasteiger partial charge in [-0.05, 0) is 36.1 Å². The van der Waals surface area contributed by atoms with Gasteiger partial charge in [0.25, 0.3) is 0 Å². The van der Waals surface area contributed by atoms with E-state index in [0.29, 0.717) is 11.6 Å². The van der Waals surface area contributed by atoms with Gasteiger partial charge >= 0.3 is 0 Å². The van der Waals surface area contributed by atoms with Crippen LogP contribution in [0.4, 0.5) is 0 Å². The molecule has 0 spiro atoms. The number of aliphatic hydroxyl groups is 1. The van der Waals surface area contributed by atoms with E-state index in [9.17, 15) is 5.11 Å². The second kappa shape index (κ2) is 5.32. The third-order valence-corrected chi connectivity index (χ3v) is 3.11. The summed E-state index contributed by atoms with van der Waals surface area (Å²) in [6, 6.07) is 13.8. The van der Waals surface area contributed by atoms with Gasteiger partial charge in [0.1, 0.15) is 6.10 Å². The normalized spacial score (nSPS) is 12.7. The molecule has 1 aromatic heterocycles. The molecule has 1 heterocycles. The van der Waals surface area contributed by atoms with E-state index in [1.54, 1.807) is 0 Å². The highest BCUT2D eigenvalue weighted by Gasteiger charge is 2.12. The largest absolute Gasteiger partial charge is 0.382 e. The molecule has 0 fully saturated rings. The van der Waals surface area contributed by atoms with Gasteiger partial charge in [-0.25, -0.2) is 0 Å². The number of aromatic nitrogens is 1. The molecule has 0 bridgehead atoms. The molecule has 0 radical (unpaired) electrons. The molecule has 0 amide bonds. The summed E-state index contributed by atoms with van der Waals surface area (Å²) in [5, 5.41) is 10.3. The first-order valence-corrected chi connectivity index (χ1v) is 6.29. The lowest BCUT2D eigenvalue weighted by atomic mass is 9.99. The van der Waals surface area contributed by atoms with Crippen LogP contribution in [0, 0.1) is 6.92 Å². The summed E-state index contributed by atoms with van der Waals surface area (Å²) in [7, 11) is 0. The Morgan fingerprint density at radius 2 is 1.56 bits per heavy atom. The van der Waals surface area contributed by atoms with E-state index in [0.717, 1.165) is 11.3 Å². The van der Waals surface area contributed by atoms with Crippen molar-refractivity contribution in [2.24, 2.45) is 0 Å². The maximum absolute atomic E-state index is 10.3. The minimum absolute atomic E-state index is 0.508. The van der Waals surface area contributed by atoms with Crippen molar-refractivity contribution in [2.45, 2.75) is 32.8 Å². The van der Waals surface area contributed by atoms with Gasteiger partial charge in [-0.1, -0.05) is 44.2 Å². The van der Waals surface area contributed by atoms with E-state index < -0.39 is 6.10 Å². The lowest BCUT2D eigenvalue weighted by Crippen LogP contribution is -2.03. The van der Waals surface area contributed by atoms with Crippen molar-refractivity contribution in [1.82, 2.24) is 4.98 Å². The molecule has 2 heteroatoms. The minimum Gasteiger partial charge on any atom is -0.382 e. The first-order chi connectivity index (χ1) is 8.58. The Labute approximate surface area is 108 Å². The van der Waals surface area contributed by atoms with E-state index in [4.69, 9.17) is 0 Å². The number of hydrogen-bond donors (Lipinski definition) is 1. The second-order valence-electron chi connectivity index (χ2n) is 4.93. The highest BCUT2D eigenvalue weighted by atomic mass is 16.3. The predicted octanol–water partition coefficient (Wildman–Crippen LogP) is 3.60. The predicted molar refractivity (Wildman–Crippen MR) is 73.6 cm³/mol. The summed E-state index contributed by atoms with van der Waals surface area (Å²) in [6.07, 6.45) is -0.647. The number of aliphatic hydroxyl groups excluding tert-OH is 1. The van der Waals surface area contributed by atoms with Crippen molar-refractivity contribution in [1.29, 1.82) is 0 Å². The summed E-state index contributed by atoms with van der Waals surface area (Å²) in [6.45, 7) is 6.25. The Morgan fingerprint density at radius 1 is 0.944 bits per heavy atom. The van der Waals surface area contributed by atoms with Crippen molar-refractivity contribution >= 4 is 0 Å². The molecule has 0 aliphatic rings. The summed E-state index contributed by atoms with van der Waals surface area (Å²) in [5.41, 5.74) is 3.79. The van der Waals surface area contributed by atoms with Gasteiger partial charge in [-0.2, -0.15) is 0 Å². The number of benzene rings is 1. The molecule has 0 aliphatic carbocycles. The van der Waals surface area contributed by atoms with Crippen LogP contribution in [0.5, 0.6) is 0 Å². The summed E-state index contributed by atoms with van der Waals surface area (Å²) >= 11 is 0. The van der Waals surface area contributed by atoms with Gasteiger partial charge in [0.05, 0.1) is 5.69 Å². The summed E-state index contributed by atoms with van der Waals surface area (Å²) in [4.78, 5) is 4.36. The van der Waals surface area contributed by atoms with Crippen LogP contribution in [0.3, 0.4) is 0 Å². The molecule has 18 heavy (non-hydrogen) atoms. The average Bonchev–Trinajstić information content (AvgIpc) is 2.38. The van der Waals surface area contributed by atoms with Crippen LogP contribution in [-0.4, -0.2) is 10.1 Å². The quantitative estimate of drug-likeness (QED) is 0.890. The molecule has 94 valence electrons. The average molecular weight is 241 g/mol. The number of nitrogens with zero attached hydrogens (tertiary/aromatic N) is 1. The van der Waals surface area contributed by atoms with Gasteiger partial charge in [0.15, 0.2) is 0 Å². The standard InChI is InChI=1S/C16H19NO/c1-11(2)13-7-9-14(10-8-13)16(18)15-6-4-5-12(3)17-15/h4-11,16,18H,1-3H3. The van der Waals surface area contributed by atoms with Gasteiger partial charge in [0.2, 0.25) is 0 Å². The van der Waals surface area contributed by atoms with E-state index in [2.05, 4.69) is 31.0 Å². The molecule has 2 rings (SSSR count).